The second kappa shape index (κ2) is 9.82. The molecule has 0 atom stereocenters. The van der Waals surface area contributed by atoms with Crippen LogP contribution in [0.1, 0.15) is 11.1 Å². The van der Waals surface area contributed by atoms with E-state index in [2.05, 4.69) is 10.4 Å². The van der Waals surface area contributed by atoms with Gasteiger partial charge in [-0.2, -0.15) is 5.10 Å². The largest absolute Gasteiger partial charge is 0.375 e. The molecule has 28 heavy (non-hydrogen) atoms. The Morgan fingerprint density at radius 1 is 1.21 bits per heavy atom. The fraction of sp³-hybridized carbons (Fsp3) is 0.143. The Kier molecular flexibility index (Phi) is 6.94. The third-order valence-electron chi connectivity index (χ3n) is 3.88. The highest BCUT2D eigenvalue weighted by Gasteiger charge is 2.05. The SMILES string of the molecule is O=C(/C=C/c1c(F)cccc1Cl)Nc1cnn(CCOCc2ccccc2)c1. The Morgan fingerprint density at radius 3 is 2.82 bits per heavy atom. The third kappa shape index (κ3) is 5.77. The van der Waals surface area contributed by atoms with Gasteiger partial charge >= 0.3 is 0 Å². The maximum Gasteiger partial charge on any atom is 0.248 e. The van der Waals surface area contributed by atoms with Crippen molar-refractivity contribution < 1.29 is 13.9 Å². The van der Waals surface area contributed by atoms with Crippen LogP contribution in [0.3, 0.4) is 0 Å². The van der Waals surface area contributed by atoms with Gasteiger partial charge < -0.3 is 10.1 Å². The molecule has 0 aliphatic heterocycles. The first-order chi connectivity index (χ1) is 13.6. The van der Waals surface area contributed by atoms with Gasteiger partial charge in [-0.25, -0.2) is 4.39 Å². The quantitative estimate of drug-likeness (QED) is 0.446. The molecular weight excluding hydrogens is 381 g/mol. The van der Waals surface area contributed by atoms with E-state index in [1.165, 1.54) is 24.3 Å². The number of ether oxygens (including phenoxy) is 1. The van der Waals surface area contributed by atoms with Crippen LogP contribution >= 0.6 is 11.6 Å². The molecule has 1 N–H and O–H groups in total. The lowest BCUT2D eigenvalue weighted by molar-refractivity contribution is -0.111. The molecule has 0 unspecified atom stereocenters. The number of benzene rings is 2. The van der Waals surface area contributed by atoms with Crippen molar-refractivity contribution in [3.8, 4) is 0 Å². The van der Waals surface area contributed by atoms with Gasteiger partial charge in [0, 0.05) is 17.8 Å². The molecule has 3 aromatic rings. The molecule has 2 aromatic carbocycles. The molecular formula is C21H19ClFN3O2. The lowest BCUT2D eigenvalue weighted by Crippen LogP contribution is -2.08. The summed E-state index contributed by atoms with van der Waals surface area (Å²) in [6.45, 7) is 1.59. The molecule has 0 radical (unpaired) electrons. The first-order valence-electron chi connectivity index (χ1n) is 8.69. The van der Waals surface area contributed by atoms with Crippen molar-refractivity contribution >= 4 is 29.3 Å². The van der Waals surface area contributed by atoms with Crippen LogP contribution in [0, 0.1) is 5.82 Å². The molecule has 0 saturated heterocycles. The van der Waals surface area contributed by atoms with Crippen LogP contribution in [0.25, 0.3) is 6.08 Å². The summed E-state index contributed by atoms with van der Waals surface area (Å²) in [5.41, 5.74) is 1.82. The van der Waals surface area contributed by atoms with E-state index in [0.29, 0.717) is 25.4 Å². The summed E-state index contributed by atoms with van der Waals surface area (Å²) in [7, 11) is 0. The van der Waals surface area contributed by atoms with E-state index in [-0.39, 0.29) is 10.6 Å². The minimum Gasteiger partial charge on any atom is -0.375 e. The average Bonchev–Trinajstić information content (AvgIpc) is 3.13. The molecule has 0 aliphatic carbocycles. The minimum atomic E-state index is -0.486. The number of carbonyl (C=O) groups excluding carboxylic acids is 1. The summed E-state index contributed by atoms with van der Waals surface area (Å²) >= 11 is 5.93. The van der Waals surface area contributed by atoms with E-state index in [0.717, 1.165) is 5.56 Å². The van der Waals surface area contributed by atoms with Crippen molar-refractivity contribution in [1.82, 2.24) is 9.78 Å². The standard InChI is InChI=1S/C21H19ClFN3O2/c22-19-7-4-8-20(23)18(19)9-10-21(27)25-17-13-24-26(14-17)11-12-28-15-16-5-2-1-3-6-16/h1-10,13-14H,11-12,15H2,(H,25,27)/b10-9+. The van der Waals surface area contributed by atoms with Crippen LogP contribution < -0.4 is 5.32 Å². The van der Waals surface area contributed by atoms with Crippen molar-refractivity contribution in [2.75, 3.05) is 11.9 Å². The molecule has 7 heteroatoms. The maximum absolute atomic E-state index is 13.7. The number of anilines is 1. The zero-order valence-electron chi connectivity index (χ0n) is 15.0. The number of halogens is 2. The molecule has 3 rings (SSSR count). The van der Waals surface area contributed by atoms with Gasteiger partial charge in [-0.3, -0.25) is 9.48 Å². The van der Waals surface area contributed by atoms with Crippen LogP contribution in [0.2, 0.25) is 5.02 Å². The van der Waals surface area contributed by atoms with E-state index in [1.807, 2.05) is 30.3 Å². The lowest BCUT2D eigenvalue weighted by Gasteiger charge is -2.04. The number of hydrogen-bond donors (Lipinski definition) is 1. The van der Waals surface area contributed by atoms with Gasteiger partial charge in [0.25, 0.3) is 0 Å². The van der Waals surface area contributed by atoms with Gasteiger partial charge in [0.2, 0.25) is 5.91 Å². The fourth-order valence-electron chi connectivity index (χ4n) is 2.49. The summed E-state index contributed by atoms with van der Waals surface area (Å²) < 4.78 is 21.0. The van der Waals surface area contributed by atoms with Crippen LogP contribution in [0.15, 0.2) is 67.0 Å². The van der Waals surface area contributed by atoms with Gasteiger partial charge in [0.1, 0.15) is 5.82 Å². The molecule has 0 fully saturated rings. The van der Waals surface area contributed by atoms with Crippen LogP contribution in [-0.4, -0.2) is 22.3 Å². The first-order valence-corrected chi connectivity index (χ1v) is 9.07. The van der Waals surface area contributed by atoms with Crippen molar-refractivity contribution in [3.05, 3.63) is 89.0 Å². The van der Waals surface area contributed by atoms with Gasteiger partial charge in [-0.1, -0.05) is 48.0 Å². The smallest absolute Gasteiger partial charge is 0.248 e. The number of hydrogen-bond acceptors (Lipinski definition) is 3. The van der Waals surface area contributed by atoms with E-state index in [1.54, 1.807) is 23.1 Å². The Labute approximate surface area is 167 Å². The highest BCUT2D eigenvalue weighted by atomic mass is 35.5. The number of nitrogens with zero attached hydrogens (tertiary/aromatic N) is 2. The summed E-state index contributed by atoms with van der Waals surface area (Å²) in [5.74, 6) is -0.890. The average molecular weight is 400 g/mol. The second-order valence-electron chi connectivity index (χ2n) is 5.99. The third-order valence-corrected chi connectivity index (χ3v) is 4.21. The summed E-state index contributed by atoms with van der Waals surface area (Å²) in [4.78, 5) is 12.0. The predicted molar refractivity (Wildman–Crippen MR) is 107 cm³/mol. The van der Waals surface area contributed by atoms with Gasteiger partial charge in [-0.05, 0) is 23.8 Å². The van der Waals surface area contributed by atoms with Crippen LogP contribution in [0.5, 0.6) is 0 Å². The van der Waals surface area contributed by atoms with Crippen LogP contribution in [-0.2, 0) is 22.7 Å². The Bertz CT molecular complexity index is 937. The van der Waals surface area contributed by atoms with Gasteiger partial charge in [-0.15, -0.1) is 0 Å². The zero-order valence-corrected chi connectivity index (χ0v) is 15.8. The summed E-state index contributed by atoms with van der Waals surface area (Å²) in [6.07, 6.45) is 5.81. The summed E-state index contributed by atoms with van der Waals surface area (Å²) in [6, 6.07) is 14.3. The molecule has 0 bridgehead atoms. The molecule has 5 nitrogen and oxygen atoms in total. The number of amides is 1. The Hall–Kier alpha value is -2.96. The normalized spacial score (nSPS) is 11.1. The fourth-order valence-corrected chi connectivity index (χ4v) is 2.71. The minimum absolute atomic E-state index is 0.172. The Morgan fingerprint density at radius 2 is 2.04 bits per heavy atom. The number of carbonyl (C=O) groups is 1. The summed E-state index contributed by atoms with van der Waals surface area (Å²) in [5, 5.41) is 7.09. The molecule has 0 saturated carbocycles. The monoisotopic (exact) mass is 399 g/mol. The van der Waals surface area contributed by atoms with E-state index < -0.39 is 11.7 Å². The highest BCUT2D eigenvalue weighted by molar-refractivity contribution is 6.32. The number of nitrogens with one attached hydrogen (secondary N) is 1. The number of rotatable bonds is 8. The van der Waals surface area contributed by atoms with E-state index in [9.17, 15) is 9.18 Å². The van der Waals surface area contributed by atoms with Crippen molar-refractivity contribution in [2.45, 2.75) is 13.2 Å². The number of aromatic nitrogens is 2. The van der Waals surface area contributed by atoms with Crippen molar-refractivity contribution in [1.29, 1.82) is 0 Å². The molecule has 1 heterocycles. The van der Waals surface area contributed by atoms with Gasteiger partial charge in [0.05, 0.1) is 36.7 Å². The van der Waals surface area contributed by atoms with Crippen LogP contribution in [0.4, 0.5) is 10.1 Å². The van der Waals surface area contributed by atoms with Crippen molar-refractivity contribution in [3.63, 3.8) is 0 Å². The molecule has 1 amide bonds. The molecule has 0 aliphatic rings. The molecule has 144 valence electrons. The Balaban J connectivity index is 1.46. The molecule has 0 spiro atoms. The second-order valence-corrected chi connectivity index (χ2v) is 6.40. The van der Waals surface area contributed by atoms with E-state index in [4.69, 9.17) is 16.3 Å². The lowest BCUT2D eigenvalue weighted by atomic mass is 10.2. The highest BCUT2D eigenvalue weighted by Crippen LogP contribution is 2.20. The van der Waals surface area contributed by atoms with Crippen molar-refractivity contribution in [2.24, 2.45) is 0 Å². The maximum atomic E-state index is 13.7. The topological polar surface area (TPSA) is 56.2 Å². The first kappa shape index (κ1) is 19.8. The zero-order chi connectivity index (χ0) is 19.8. The van der Waals surface area contributed by atoms with Gasteiger partial charge in [0.15, 0.2) is 0 Å². The predicted octanol–water partition coefficient (Wildman–Crippen LogP) is 4.54. The van der Waals surface area contributed by atoms with E-state index >= 15 is 0 Å². The molecule has 1 aromatic heterocycles.